The molecule has 252 valence electrons. The van der Waals surface area contributed by atoms with Gasteiger partial charge in [-0.3, -0.25) is 10.6 Å². The Morgan fingerprint density at radius 2 is 1.07 bits per heavy atom. The van der Waals surface area contributed by atoms with Gasteiger partial charge in [0.2, 0.25) is 0 Å². The summed E-state index contributed by atoms with van der Waals surface area (Å²) in [6, 6.07) is 7.95. The molecule has 45 heavy (non-hydrogen) atoms. The van der Waals surface area contributed by atoms with E-state index in [2.05, 4.69) is 43.2 Å². The van der Waals surface area contributed by atoms with Crippen molar-refractivity contribution in [3.63, 3.8) is 0 Å². The summed E-state index contributed by atoms with van der Waals surface area (Å²) in [6.45, 7) is 16.5. The lowest BCUT2D eigenvalue weighted by Crippen LogP contribution is -2.27. The number of hydrogen-bond acceptors (Lipinski definition) is 9. The van der Waals surface area contributed by atoms with Crippen molar-refractivity contribution in [2.75, 3.05) is 58.4 Å². The Labute approximate surface area is 268 Å². The van der Waals surface area contributed by atoms with E-state index in [0.29, 0.717) is 17.3 Å². The van der Waals surface area contributed by atoms with E-state index in [1.165, 1.54) is 5.56 Å². The second-order valence-corrected chi connectivity index (χ2v) is 15.9. The van der Waals surface area contributed by atoms with Crippen LogP contribution in [0.2, 0.25) is 0 Å². The number of carbonyl (C=O) groups is 2. The largest absolute Gasteiger partial charge is 0.448 e. The second kappa shape index (κ2) is 16.8. The Hall–Kier alpha value is -3.32. The van der Waals surface area contributed by atoms with Crippen LogP contribution < -0.4 is 15.5 Å². The summed E-state index contributed by atoms with van der Waals surface area (Å²) < 4.78 is 60.0. The third-order valence-corrected chi connectivity index (χ3v) is 12.2. The number of anilines is 3. The highest BCUT2D eigenvalue weighted by Crippen LogP contribution is 2.30. The predicted octanol–water partition coefficient (Wildman–Crippen LogP) is 6.25. The second-order valence-electron chi connectivity index (χ2n) is 11.2. The van der Waals surface area contributed by atoms with Crippen molar-refractivity contribution in [2.45, 2.75) is 74.1 Å². The lowest BCUT2D eigenvalue weighted by atomic mass is 9.91. The SMILES string of the molecule is CCC(CC)c1cc(C)c(NC(=O)OCCS(=O)(=O)CS(=O)(=O)CCOC(=O)Nc2c(C)cc(N(CC)CC)cc2C)c(C)c1. The monoisotopic (exact) mass is 667 g/mol. The van der Waals surface area contributed by atoms with Gasteiger partial charge in [0.25, 0.3) is 0 Å². The van der Waals surface area contributed by atoms with Crippen LogP contribution in [0.25, 0.3) is 0 Å². The fourth-order valence-electron chi connectivity index (χ4n) is 5.29. The van der Waals surface area contributed by atoms with E-state index in [0.717, 1.165) is 53.9 Å². The standard InChI is InChI=1S/C32H49N3O8S2/c1-9-26(10-2)27-17-22(5)29(23(6)18-27)33-31(36)42-13-15-44(38,39)21-45(40,41)16-14-43-32(37)34-30-24(7)19-28(20-25(30)8)35(11-3)12-4/h17-20,26H,9-16,21H2,1-8H3,(H,33,36)(H,34,37). The van der Waals surface area contributed by atoms with Crippen LogP contribution in [0.5, 0.6) is 0 Å². The molecule has 11 nitrogen and oxygen atoms in total. The van der Waals surface area contributed by atoms with Gasteiger partial charge in [-0.1, -0.05) is 26.0 Å². The molecule has 0 aromatic heterocycles. The molecule has 0 atom stereocenters. The van der Waals surface area contributed by atoms with Gasteiger partial charge in [0.05, 0.1) is 11.5 Å². The average Bonchev–Trinajstić information content (AvgIpc) is 2.93. The molecule has 0 aliphatic rings. The van der Waals surface area contributed by atoms with Crippen LogP contribution in [0.1, 0.15) is 74.3 Å². The molecule has 0 heterocycles. The molecular formula is C32H49N3O8S2. The van der Waals surface area contributed by atoms with E-state index >= 15 is 0 Å². The number of benzene rings is 2. The molecule has 13 heteroatoms. The fraction of sp³-hybridized carbons (Fsp3) is 0.562. The first-order valence-corrected chi connectivity index (χ1v) is 19.0. The first-order valence-electron chi connectivity index (χ1n) is 15.3. The number of ether oxygens (including phenoxy) is 2. The Bertz CT molecular complexity index is 1390. The van der Waals surface area contributed by atoms with Gasteiger partial charge in [0.15, 0.2) is 24.8 Å². The first-order chi connectivity index (χ1) is 21.1. The van der Waals surface area contributed by atoms with E-state index in [4.69, 9.17) is 9.47 Å². The van der Waals surface area contributed by atoms with Crippen LogP contribution in [-0.2, 0) is 29.1 Å². The van der Waals surface area contributed by atoms with E-state index in [1.807, 2.05) is 52.0 Å². The zero-order valence-electron chi connectivity index (χ0n) is 27.8. The van der Waals surface area contributed by atoms with Gasteiger partial charge in [-0.05, 0) is 100 Å². The molecule has 0 saturated carbocycles. The van der Waals surface area contributed by atoms with Crippen molar-refractivity contribution in [3.8, 4) is 0 Å². The minimum Gasteiger partial charge on any atom is -0.448 e. The molecule has 0 saturated heterocycles. The topological polar surface area (TPSA) is 148 Å². The van der Waals surface area contributed by atoms with Crippen LogP contribution in [0, 0.1) is 27.7 Å². The summed E-state index contributed by atoms with van der Waals surface area (Å²) in [4.78, 5) is 26.9. The molecule has 0 fully saturated rings. The molecule has 2 aromatic rings. The fourth-order valence-corrected chi connectivity index (χ4v) is 9.10. The summed E-state index contributed by atoms with van der Waals surface area (Å²) in [5.41, 5.74) is 6.74. The molecule has 0 aliphatic carbocycles. The quantitative estimate of drug-likeness (QED) is 0.212. The lowest BCUT2D eigenvalue weighted by Gasteiger charge is -2.23. The normalized spacial score (nSPS) is 11.8. The highest BCUT2D eigenvalue weighted by atomic mass is 32.3. The van der Waals surface area contributed by atoms with Gasteiger partial charge in [0.1, 0.15) is 13.2 Å². The molecule has 0 aliphatic heterocycles. The van der Waals surface area contributed by atoms with Crippen molar-refractivity contribution in [2.24, 2.45) is 0 Å². The van der Waals surface area contributed by atoms with Gasteiger partial charge < -0.3 is 14.4 Å². The van der Waals surface area contributed by atoms with Crippen molar-refractivity contribution in [1.29, 1.82) is 0 Å². The number of rotatable bonds is 16. The molecule has 0 bridgehead atoms. The highest BCUT2D eigenvalue weighted by molar-refractivity contribution is 8.08. The predicted molar refractivity (Wildman–Crippen MR) is 181 cm³/mol. The molecule has 2 aromatic carbocycles. The number of aryl methyl sites for hydroxylation is 4. The molecule has 0 radical (unpaired) electrons. The van der Waals surface area contributed by atoms with Gasteiger partial charge in [0, 0.05) is 30.2 Å². The third-order valence-electron chi connectivity index (χ3n) is 7.73. The van der Waals surface area contributed by atoms with Gasteiger partial charge >= 0.3 is 12.2 Å². The van der Waals surface area contributed by atoms with Crippen LogP contribution in [0.15, 0.2) is 24.3 Å². The minimum absolute atomic E-state index is 0.419. The molecule has 2 rings (SSSR count). The number of carbonyl (C=O) groups excluding carboxylic acids is 2. The van der Waals surface area contributed by atoms with Crippen molar-refractivity contribution in [1.82, 2.24) is 0 Å². The molecule has 0 spiro atoms. The van der Waals surface area contributed by atoms with E-state index in [-0.39, 0.29) is 0 Å². The number of nitrogens with one attached hydrogen (secondary N) is 2. The van der Waals surface area contributed by atoms with Crippen LogP contribution >= 0.6 is 0 Å². The molecular weight excluding hydrogens is 618 g/mol. The van der Waals surface area contributed by atoms with E-state index < -0.39 is 61.7 Å². The molecule has 2 amide bonds. The van der Waals surface area contributed by atoms with Gasteiger partial charge in [-0.25, -0.2) is 26.4 Å². The highest BCUT2D eigenvalue weighted by Gasteiger charge is 2.24. The maximum Gasteiger partial charge on any atom is 0.411 e. The first kappa shape index (κ1) is 37.9. The zero-order chi connectivity index (χ0) is 33.9. The van der Waals surface area contributed by atoms with Gasteiger partial charge in [-0.2, -0.15) is 0 Å². The number of nitrogens with zero attached hydrogens (tertiary/aromatic N) is 1. The van der Waals surface area contributed by atoms with E-state index in [9.17, 15) is 26.4 Å². The summed E-state index contributed by atoms with van der Waals surface area (Å²) in [5.74, 6) is -0.928. The van der Waals surface area contributed by atoms with E-state index in [1.54, 1.807) is 0 Å². The number of amides is 2. The van der Waals surface area contributed by atoms with Crippen molar-refractivity contribution < 1.29 is 35.9 Å². The summed E-state index contributed by atoms with van der Waals surface area (Å²) >= 11 is 0. The molecule has 2 N–H and O–H groups in total. The van der Waals surface area contributed by atoms with Crippen molar-refractivity contribution in [3.05, 3.63) is 52.1 Å². The smallest absolute Gasteiger partial charge is 0.411 e. The van der Waals surface area contributed by atoms with Crippen LogP contribution in [-0.4, -0.2) is 71.9 Å². The number of sulfone groups is 2. The number of hydrogen-bond donors (Lipinski definition) is 2. The zero-order valence-corrected chi connectivity index (χ0v) is 29.4. The Balaban J connectivity index is 1.85. The average molecular weight is 668 g/mol. The summed E-state index contributed by atoms with van der Waals surface area (Å²) in [6.07, 6.45) is 0.331. The summed E-state index contributed by atoms with van der Waals surface area (Å²) in [7, 11) is -8.25. The maximum atomic E-state index is 12.5. The molecule has 0 unspecified atom stereocenters. The Morgan fingerprint density at radius 3 is 1.42 bits per heavy atom. The minimum atomic E-state index is -4.13. The third kappa shape index (κ3) is 11.5. The van der Waals surface area contributed by atoms with Gasteiger partial charge in [-0.15, -0.1) is 0 Å². The van der Waals surface area contributed by atoms with Crippen LogP contribution in [0.3, 0.4) is 0 Å². The van der Waals surface area contributed by atoms with Crippen molar-refractivity contribution >= 4 is 48.9 Å². The Kier molecular flexibility index (Phi) is 14.2. The van der Waals surface area contributed by atoms with Crippen LogP contribution in [0.4, 0.5) is 26.7 Å². The summed E-state index contributed by atoms with van der Waals surface area (Å²) in [5, 5.41) is 4.15. The Morgan fingerprint density at radius 1 is 0.689 bits per heavy atom. The lowest BCUT2D eigenvalue weighted by molar-refractivity contribution is 0.167. The maximum absolute atomic E-state index is 12.5.